The lowest BCUT2D eigenvalue weighted by Gasteiger charge is -2.20. The smallest absolute Gasteiger partial charge is 0.394 e. The SMILES string of the molecule is CCc1nnc(N2C[C@@H](C(F)(F)F)[C@H](C(=O)O)C2)c(C#N)c1CC. The molecule has 2 atom stereocenters. The fourth-order valence-electron chi connectivity index (χ4n) is 3.06. The Hall–Kier alpha value is -2.37. The summed E-state index contributed by atoms with van der Waals surface area (Å²) in [5.74, 6) is -5.06. The number of halogens is 3. The van der Waals surface area contributed by atoms with Crippen LogP contribution in [0, 0.1) is 23.2 Å². The molecule has 0 bridgehead atoms. The molecular weight excluding hydrogens is 325 g/mol. The number of nitriles is 1. The fraction of sp³-hybridized carbons (Fsp3) is 0.600. The molecule has 0 aromatic carbocycles. The van der Waals surface area contributed by atoms with E-state index in [1.54, 1.807) is 0 Å². The number of carboxylic acids is 1. The fourth-order valence-corrected chi connectivity index (χ4v) is 3.06. The largest absolute Gasteiger partial charge is 0.481 e. The van der Waals surface area contributed by atoms with Crippen molar-refractivity contribution < 1.29 is 23.1 Å². The Kier molecular flexibility index (Phi) is 4.96. The highest BCUT2D eigenvalue weighted by Crippen LogP contribution is 2.40. The summed E-state index contributed by atoms with van der Waals surface area (Å²) in [6.45, 7) is 2.78. The Morgan fingerprint density at radius 1 is 1.33 bits per heavy atom. The molecule has 6 nitrogen and oxygen atoms in total. The molecule has 0 aliphatic carbocycles. The van der Waals surface area contributed by atoms with E-state index in [4.69, 9.17) is 5.11 Å². The van der Waals surface area contributed by atoms with Crippen LogP contribution < -0.4 is 4.90 Å². The maximum atomic E-state index is 13.1. The summed E-state index contributed by atoms with van der Waals surface area (Å²) in [6, 6.07) is 1.99. The number of anilines is 1. The van der Waals surface area contributed by atoms with Gasteiger partial charge in [0.2, 0.25) is 0 Å². The zero-order chi connectivity index (χ0) is 18.1. The molecule has 1 aromatic heterocycles. The van der Waals surface area contributed by atoms with Gasteiger partial charge in [0.15, 0.2) is 5.82 Å². The highest BCUT2D eigenvalue weighted by atomic mass is 19.4. The number of carboxylic acid groups (broad SMARTS) is 1. The lowest BCUT2D eigenvalue weighted by atomic mass is 9.96. The molecule has 0 unspecified atom stereocenters. The Morgan fingerprint density at radius 3 is 2.42 bits per heavy atom. The number of aliphatic carboxylic acids is 1. The van der Waals surface area contributed by atoms with Gasteiger partial charge in [-0.15, -0.1) is 5.10 Å². The number of aryl methyl sites for hydroxylation is 1. The maximum Gasteiger partial charge on any atom is 0.394 e. The molecule has 2 rings (SSSR count). The van der Waals surface area contributed by atoms with Gasteiger partial charge >= 0.3 is 12.1 Å². The van der Waals surface area contributed by atoms with Crippen molar-refractivity contribution in [2.75, 3.05) is 18.0 Å². The summed E-state index contributed by atoms with van der Waals surface area (Å²) >= 11 is 0. The molecule has 0 amide bonds. The lowest BCUT2D eigenvalue weighted by molar-refractivity contribution is -0.187. The number of nitrogens with zero attached hydrogens (tertiary/aromatic N) is 4. The second kappa shape index (κ2) is 6.63. The van der Waals surface area contributed by atoms with Gasteiger partial charge in [-0.25, -0.2) is 0 Å². The van der Waals surface area contributed by atoms with E-state index in [2.05, 4.69) is 10.2 Å². The molecule has 1 aliphatic heterocycles. The van der Waals surface area contributed by atoms with Crippen LogP contribution in [0.1, 0.15) is 30.7 Å². The zero-order valence-corrected chi connectivity index (χ0v) is 13.3. The number of rotatable bonds is 4. The number of aromatic nitrogens is 2. The van der Waals surface area contributed by atoms with Gasteiger partial charge in [0.1, 0.15) is 11.6 Å². The van der Waals surface area contributed by atoms with Crippen LogP contribution in [0.15, 0.2) is 0 Å². The molecule has 24 heavy (non-hydrogen) atoms. The highest BCUT2D eigenvalue weighted by molar-refractivity contribution is 5.73. The van der Waals surface area contributed by atoms with E-state index in [1.165, 1.54) is 4.90 Å². The number of carbonyl (C=O) groups is 1. The van der Waals surface area contributed by atoms with Crippen LogP contribution in [-0.2, 0) is 17.6 Å². The summed E-state index contributed by atoms with van der Waals surface area (Å²) in [7, 11) is 0. The van der Waals surface area contributed by atoms with Crippen LogP contribution >= 0.6 is 0 Å². The summed E-state index contributed by atoms with van der Waals surface area (Å²) in [4.78, 5) is 12.4. The van der Waals surface area contributed by atoms with Crippen molar-refractivity contribution in [3.05, 3.63) is 16.8 Å². The predicted octanol–water partition coefficient (Wildman–Crippen LogP) is 2.17. The van der Waals surface area contributed by atoms with E-state index in [-0.39, 0.29) is 17.9 Å². The van der Waals surface area contributed by atoms with E-state index in [9.17, 15) is 23.2 Å². The molecule has 0 saturated carbocycles. The Balaban J connectivity index is 2.47. The number of hydrogen-bond acceptors (Lipinski definition) is 5. The monoisotopic (exact) mass is 342 g/mol. The van der Waals surface area contributed by atoms with Crippen LogP contribution in [0.2, 0.25) is 0 Å². The van der Waals surface area contributed by atoms with Gasteiger partial charge < -0.3 is 10.0 Å². The molecular formula is C15H17F3N4O2. The molecule has 2 heterocycles. The first-order valence-electron chi connectivity index (χ1n) is 7.57. The van der Waals surface area contributed by atoms with Crippen molar-refractivity contribution in [3.63, 3.8) is 0 Å². The van der Waals surface area contributed by atoms with Gasteiger partial charge in [0, 0.05) is 13.1 Å². The van der Waals surface area contributed by atoms with E-state index in [0.717, 1.165) is 0 Å². The number of alkyl halides is 3. The van der Waals surface area contributed by atoms with Crippen LogP contribution in [0.3, 0.4) is 0 Å². The maximum absolute atomic E-state index is 13.1. The van der Waals surface area contributed by atoms with Crippen molar-refractivity contribution in [2.45, 2.75) is 32.9 Å². The van der Waals surface area contributed by atoms with E-state index in [0.29, 0.717) is 24.1 Å². The van der Waals surface area contributed by atoms with Crippen LogP contribution in [0.25, 0.3) is 0 Å². The summed E-state index contributed by atoms with van der Waals surface area (Å²) in [5, 5.41) is 26.4. The average molecular weight is 342 g/mol. The first-order chi connectivity index (χ1) is 11.2. The van der Waals surface area contributed by atoms with Crippen LogP contribution in [0.5, 0.6) is 0 Å². The van der Waals surface area contributed by atoms with Gasteiger partial charge in [0.05, 0.1) is 17.5 Å². The first kappa shape index (κ1) is 18.0. The molecule has 0 radical (unpaired) electrons. The first-order valence-corrected chi connectivity index (χ1v) is 7.57. The second-order valence-electron chi connectivity index (χ2n) is 5.64. The van der Waals surface area contributed by atoms with Crippen molar-refractivity contribution >= 4 is 11.8 Å². The number of hydrogen-bond donors (Lipinski definition) is 1. The third-order valence-electron chi connectivity index (χ3n) is 4.30. The lowest BCUT2D eigenvalue weighted by Crippen LogP contribution is -2.33. The molecule has 1 aromatic rings. The molecule has 1 aliphatic rings. The van der Waals surface area contributed by atoms with Crippen molar-refractivity contribution in [1.29, 1.82) is 5.26 Å². The minimum atomic E-state index is -4.63. The van der Waals surface area contributed by atoms with Gasteiger partial charge in [-0.1, -0.05) is 13.8 Å². The summed E-state index contributed by atoms with van der Waals surface area (Å²) < 4.78 is 39.3. The highest BCUT2D eigenvalue weighted by Gasteiger charge is 2.53. The van der Waals surface area contributed by atoms with Crippen molar-refractivity contribution in [1.82, 2.24) is 10.2 Å². The molecule has 1 N–H and O–H groups in total. The summed E-state index contributed by atoms with van der Waals surface area (Å²) in [6.07, 6.45) is -3.59. The van der Waals surface area contributed by atoms with Gasteiger partial charge in [-0.05, 0) is 18.4 Å². The van der Waals surface area contributed by atoms with E-state index < -0.39 is 30.5 Å². The van der Waals surface area contributed by atoms with Crippen molar-refractivity contribution in [2.24, 2.45) is 11.8 Å². The molecule has 130 valence electrons. The Bertz CT molecular complexity index is 685. The minimum absolute atomic E-state index is 0.0320. The van der Waals surface area contributed by atoms with Crippen LogP contribution in [0.4, 0.5) is 19.0 Å². The Labute approximate surface area is 136 Å². The summed E-state index contributed by atoms with van der Waals surface area (Å²) in [5.41, 5.74) is 1.45. The zero-order valence-electron chi connectivity index (χ0n) is 13.3. The van der Waals surface area contributed by atoms with E-state index >= 15 is 0 Å². The standard InChI is InChI=1S/C15H17F3N4O2/c1-3-8-9(5-19)13(21-20-12(8)4-2)22-6-10(14(23)24)11(7-22)15(16,17)18/h10-11H,3-4,6-7H2,1-2H3,(H,23,24)/t10-,11-/m1/s1. The molecule has 1 fully saturated rings. The van der Waals surface area contributed by atoms with E-state index in [1.807, 2.05) is 19.9 Å². The Morgan fingerprint density at radius 2 is 2.00 bits per heavy atom. The van der Waals surface area contributed by atoms with Gasteiger partial charge in [-0.2, -0.15) is 23.5 Å². The van der Waals surface area contributed by atoms with Crippen molar-refractivity contribution in [3.8, 4) is 6.07 Å². The minimum Gasteiger partial charge on any atom is -0.481 e. The second-order valence-corrected chi connectivity index (χ2v) is 5.64. The van der Waals surface area contributed by atoms with Gasteiger partial charge in [0.25, 0.3) is 0 Å². The molecule has 1 saturated heterocycles. The normalized spacial score (nSPS) is 20.9. The van der Waals surface area contributed by atoms with Gasteiger partial charge in [-0.3, -0.25) is 4.79 Å². The third-order valence-corrected chi connectivity index (χ3v) is 4.30. The quantitative estimate of drug-likeness (QED) is 0.902. The average Bonchev–Trinajstić information content (AvgIpc) is 2.98. The topological polar surface area (TPSA) is 90.1 Å². The molecule has 0 spiro atoms. The third kappa shape index (κ3) is 3.13. The van der Waals surface area contributed by atoms with Crippen LogP contribution in [-0.4, -0.2) is 40.5 Å². The predicted molar refractivity (Wildman–Crippen MR) is 78.4 cm³/mol. The molecule has 9 heteroatoms.